The van der Waals surface area contributed by atoms with Crippen LogP contribution in [0.1, 0.15) is 31.2 Å². The molecule has 17 heavy (non-hydrogen) atoms. The molecule has 2 rings (SSSR count). The molecule has 1 fully saturated rings. The lowest BCUT2D eigenvalue weighted by atomic mass is 10.1. The highest BCUT2D eigenvalue weighted by Crippen LogP contribution is 2.49. The maximum Gasteiger partial charge on any atom is 0.123 e. The summed E-state index contributed by atoms with van der Waals surface area (Å²) in [5.41, 5.74) is 6.60. The van der Waals surface area contributed by atoms with Crippen LogP contribution in [-0.2, 0) is 0 Å². The van der Waals surface area contributed by atoms with Crippen LogP contribution in [0.15, 0.2) is 18.2 Å². The zero-order valence-corrected chi connectivity index (χ0v) is 10.8. The second-order valence-corrected chi connectivity index (χ2v) is 4.37. The normalized spacial score (nSPS) is 21.8. The molecule has 0 aliphatic heterocycles. The first kappa shape index (κ1) is 14.3. The summed E-state index contributed by atoms with van der Waals surface area (Å²) in [5.74, 6) is 1.53. The minimum Gasteiger partial charge on any atom is -0.493 e. The van der Waals surface area contributed by atoms with Gasteiger partial charge >= 0.3 is 0 Å². The van der Waals surface area contributed by atoms with E-state index in [0.717, 1.165) is 24.2 Å². The summed E-state index contributed by atoms with van der Waals surface area (Å²) >= 11 is 0. The minimum atomic E-state index is -0.193. The molecule has 0 spiro atoms. The van der Waals surface area contributed by atoms with Crippen molar-refractivity contribution < 1.29 is 9.13 Å². The van der Waals surface area contributed by atoms with Crippen molar-refractivity contribution in [1.29, 1.82) is 0 Å². The first-order valence-corrected chi connectivity index (χ1v) is 5.88. The molecule has 1 saturated carbocycles. The molecular weight excluding hydrogens is 241 g/mol. The molecule has 2 nitrogen and oxygen atoms in total. The lowest BCUT2D eigenvalue weighted by molar-refractivity contribution is 0.313. The van der Waals surface area contributed by atoms with Crippen LogP contribution in [0.3, 0.4) is 0 Å². The van der Waals surface area contributed by atoms with Crippen molar-refractivity contribution in [2.75, 3.05) is 13.2 Å². The molecule has 0 aromatic heterocycles. The molecule has 96 valence electrons. The highest BCUT2D eigenvalue weighted by molar-refractivity contribution is 5.85. The first-order chi connectivity index (χ1) is 7.76. The number of hydrogen-bond acceptors (Lipinski definition) is 2. The van der Waals surface area contributed by atoms with Crippen LogP contribution in [-0.4, -0.2) is 13.2 Å². The second-order valence-electron chi connectivity index (χ2n) is 4.37. The number of ether oxygens (including phenoxy) is 1. The summed E-state index contributed by atoms with van der Waals surface area (Å²) in [4.78, 5) is 0. The van der Waals surface area contributed by atoms with Gasteiger partial charge in [0.15, 0.2) is 0 Å². The van der Waals surface area contributed by atoms with Crippen molar-refractivity contribution in [3.63, 3.8) is 0 Å². The van der Waals surface area contributed by atoms with E-state index >= 15 is 0 Å². The predicted octanol–water partition coefficient (Wildman–Crippen LogP) is 3.10. The number of halogens is 2. The Morgan fingerprint density at radius 1 is 1.47 bits per heavy atom. The molecule has 4 heteroatoms. The third kappa shape index (κ3) is 3.33. The Morgan fingerprint density at radius 3 is 2.82 bits per heavy atom. The van der Waals surface area contributed by atoms with Gasteiger partial charge in [0, 0.05) is 5.56 Å². The molecule has 0 saturated heterocycles. The summed E-state index contributed by atoms with van der Waals surface area (Å²) in [6, 6.07) is 4.77. The number of benzene rings is 1. The summed E-state index contributed by atoms with van der Waals surface area (Å²) in [6.45, 7) is 3.41. The molecule has 1 aromatic carbocycles. The van der Waals surface area contributed by atoms with Crippen LogP contribution >= 0.6 is 12.4 Å². The average Bonchev–Trinajstić information content (AvgIpc) is 3.06. The second kappa shape index (κ2) is 6.22. The van der Waals surface area contributed by atoms with Crippen molar-refractivity contribution in [2.24, 2.45) is 11.7 Å². The monoisotopic (exact) mass is 259 g/mol. The van der Waals surface area contributed by atoms with Gasteiger partial charge in [-0.05, 0) is 49.4 Å². The van der Waals surface area contributed by atoms with Crippen LogP contribution in [0.2, 0.25) is 0 Å². The number of rotatable bonds is 5. The summed E-state index contributed by atoms with van der Waals surface area (Å²) in [7, 11) is 0. The van der Waals surface area contributed by atoms with E-state index in [4.69, 9.17) is 10.5 Å². The van der Waals surface area contributed by atoms with Crippen molar-refractivity contribution in [1.82, 2.24) is 0 Å². The maximum absolute atomic E-state index is 13.2. The summed E-state index contributed by atoms with van der Waals surface area (Å²) in [6.07, 6.45) is 2.02. The largest absolute Gasteiger partial charge is 0.493 e. The van der Waals surface area contributed by atoms with E-state index in [1.165, 1.54) is 6.07 Å². The van der Waals surface area contributed by atoms with Crippen LogP contribution in [0.25, 0.3) is 0 Å². The Morgan fingerprint density at radius 2 is 2.24 bits per heavy atom. The molecule has 1 aliphatic carbocycles. The van der Waals surface area contributed by atoms with Gasteiger partial charge in [0.05, 0.1) is 6.61 Å². The maximum atomic E-state index is 13.2. The fourth-order valence-corrected chi connectivity index (χ4v) is 2.04. The summed E-state index contributed by atoms with van der Waals surface area (Å²) < 4.78 is 18.8. The van der Waals surface area contributed by atoms with Crippen molar-refractivity contribution in [2.45, 2.75) is 25.7 Å². The van der Waals surface area contributed by atoms with Crippen molar-refractivity contribution in [3.8, 4) is 5.75 Å². The molecule has 0 bridgehead atoms. The van der Waals surface area contributed by atoms with Gasteiger partial charge in [0.25, 0.3) is 0 Å². The highest BCUT2D eigenvalue weighted by atomic mass is 35.5. The minimum absolute atomic E-state index is 0. The van der Waals surface area contributed by atoms with Gasteiger partial charge in [0.1, 0.15) is 11.6 Å². The van der Waals surface area contributed by atoms with E-state index in [9.17, 15) is 4.39 Å². The van der Waals surface area contributed by atoms with E-state index in [1.807, 2.05) is 0 Å². The van der Waals surface area contributed by atoms with Crippen LogP contribution in [0, 0.1) is 11.7 Å². The molecule has 0 radical (unpaired) electrons. The Bertz CT molecular complexity index is 372. The van der Waals surface area contributed by atoms with Gasteiger partial charge < -0.3 is 10.5 Å². The quantitative estimate of drug-likeness (QED) is 0.882. The van der Waals surface area contributed by atoms with E-state index in [0.29, 0.717) is 25.0 Å². The van der Waals surface area contributed by atoms with Crippen LogP contribution < -0.4 is 10.5 Å². The van der Waals surface area contributed by atoms with Crippen molar-refractivity contribution >= 4 is 12.4 Å². The van der Waals surface area contributed by atoms with Gasteiger partial charge in [-0.3, -0.25) is 0 Å². The predicted molar refractivity (Wildman–Crippen MR) is 69.3 cm³/mol. The molecule has 0 amide bonds. The molecule has 0 heterocycles. The molecule has 1 aliphatic rings. The van der Waals surface area contributed by atoms with Gasteiger partial charge in [-0.15, -0.1) is 12.4 Å². The Kier molecular flexibility index (Phi) is 5.22. The molecular formula is C13H19ClFNO. The zero-order valence-electron chi connectivity index (χ0n) is 9.99. The van der Waals surface area contributed by atoms with E-state index < -0.39 is 0 Å². The van der Waals surface area contributed by atoms with Gasteiger partial charge in [-0.2, -0.15) is 0 Å². The standard InChI is InChI=1S/C13H18FNO.ClH/c1-2-5-16-13-4-3-10(14)7-12(13)11-6-9(11)8-15;/h3-4,7,9,11H,2,5-6,8,15H2,1H3;1H/t9-,11+;/m1./s1. The smallest absolute Gasteiger partial charge is 0.123 e. The lowest BCUT2D eigenvalue weighted by Gasteiger charge is -2.10. The molecule has 0 unspecified atom stereocenters. The van der Waals surface area contributed by atoms with E-state index in [1.54, 1.807) is 12.1 Å². The lowest BCUT2D eigenvalue weighted by Crippen LogP contribution is -2.04. The van der Waals surface area contributed by atoms with E-state index in [-0.39, 0.29) is 18.2 Å². The van der Waals surface area contributed by atoms with E-state index in [2.05, 4.69) is 6.92 Å². The Hall–Kier alpha value is -0.800. The third-order valence-corrected chi connectivity index (χ3v) is 3.06. The van der Waals surface area contributed by atoms with Crippen LogP contribution in [0.5, 0.6) is 5.75 Å². The molecule has 1 aromatic rings. The molecule has 2 N–H and O–H groups in total. The fourth-order valence-electron chi connectivity index (χ4n) is 2.04. The van der Waals surface area contributed by atoms with Crippen LogP contribution in [0.4, 0.5) is 4.39 Å². The Balaban J connectivity index is 0.00000144. The number of nitrogens with two attached hydrogens (primary N) is 1. The van der Waals surface area contributed by atoms with Gasteiger partial charge in [-0.1, -0.05) is 6.92 Å². The average molecular weight is 260 g/mol. The first-order valence-electron chi connectivity index (χ1n) is 5.88. The highest BCUT2D eigenvalue weighted by Gasteiger charge is 2.38. The third-order valence-electron chi connectivity index (χ3n) is 3.06. The van der Waals surface area contributed by atoms with Gasteiger partial charge in [0.2, 0.25) is 0 Å². The molecule has 2 atom stereocenters. The zero-order chi connectivity index (χ0) is 11.5. The van der Waals surface area contributed by atoms with Gasteiger partial charge in [-0.25, -0.2) is 4.39 Å². The number of hydrogen-bond donors (Lipinski definition) is 1. The topological polar surface area (TPSA) is 35.2 Å². The van der Waals surface area contributed by atoms with Crippen molar-refractivity contribution in [3.05, 3.63) is 29.6 Å². The SMILES string of the molecule is CCCOc1ccc(F)cc1[C@H]1C[C@@H]1CN.Cl. The fraction of sp³-hybridized carbons (Fsp3) is 0.538. The Labute approximate surface area is 108 Å². The summed E-state index contributed by atoms with van der Waals surface area (Å²) in [5, 5.41) is 0.